The van der Waals surface area contributed by atoms with Crippen LogP contribution < -0.4 is 16.0 Å². The molecule has 7 atom stereocenters. The Morgan fingerprint density at radius 2 is 1.53 bits per heavy atom. The molecular formula is C44H59N7O9. The van der Waals surface area contributed by atoms with Gasteiger partial charge in [0, 0.05) is 39.6 Å². The molecule has 60 heavy (non-hydrogen) atoms. The highest BCUT2D eigenvalue weighted by molar-refractivity contribution is 5.97. The van der Waals surface area contributed by atoms with E-state index in [1.165, 1.54) is 14.7 Å². The molecule has 0 aromatic heterocycles. The van der Waals surface area contributed by atoms with Crippen molar-refractivity contribution >= 4 is 41.4 Å². The van der Waals surface area contributed by atoms with Crippen LogP contribution in [0.2, 0.25) is 0 Å². The number of carbonyl (C=O) groups is 7. The third-order valence-corrected chi connectivity index (χ3v) is 11.9. The van der Waals surface area contributed by atoms with Crippen LogP contribution in [-0.4, -0.2) is 157 Å². The molecule has 4 heterocycles. The van der Waals surface area contributed by atoms with Crippen molar-refractivity contribution in [2.24, 2.45) is 5.92 Å². The van der Waals surface area contributed by atoms with E-state index in [2.05, 4.69) is 20.9 Å². The van der Waals surface area contributed by atoms with Crippen molar-refractivity contribution in [2.45, 2.75) is 95.0 Å². The van der Waals surface area contributed by atoms with Gasteiger partial charge in [-0.15, -0.1) is 0 Å². The van der Waals surface area contributed by atoms with Gasteiger partial charge < -0.3 is 40.1 Å². The number of esters is 1. The van der Waals surface area contributed by atoms with Crippen LogP contribution in [0.4, 0.5) is 0 Å². The van der Waals surface area contributed by atoms with Crippen LogP contribution in [-0.2, 0) is 55.9 Å². The van der Waals surface area contributed by atoms with Crippen molar-refractivity contribution in [1.29, 1.82) is 0 Å². The van der Waals surface area contributed by atoms with Gasteiger partial charge in [0.2, 0.25) is 35.4 Å². The molecule has 2 aromatic rings. The molecule has 0 bridgehead atoms. The molecule has 324 valence electrons. The number of carbonyl (C=O) groups excluding carboxylic acids is 7. The van der Waals surface area contributed by atoms with Crippen LogP contribution in [0.5, 0.6) is 0 Å². The van der Waals surface area contributed by atoms with Crippen molar-refractivity contribution in [3.05, 3.63) is 71.8 Å². The van der Waals surface area contributed by atoms with Gasteiger partial charge in [-0.3, -0.25) is 33.7 Å². The van der Waals surface area contributed by atoms with Gasteiger partial charge in [0.05, 0.1) is 19.6 Å². The fraction of sp³-hybridized carbons (Fsp3) is 0.568. The molecule has 6 amide bonds. The van der Waals surface area contributed by atoms with Crippen LogP contribution >= 0.6 is 0 Å². The van der Waals surface area contributed by atoms with Gasteiger partial charge in [0.25, 0.3) is 0 Å². The van der Waals surface area contributed by atoms with Crippen LogP contribution in [0.3, 0.4) is 0 Å². The lowest BCUT2D eigenvalue weighted by Crippen LogP contribution is -2.60. The summed E-state index contributed by atoms with van der Waals surface area (Å²) >= 11 is 0. The molecule has 16 heteroatoms. The molecular weight excluding hydrogens is 771 g/mol. The van der Waals surface area contributed by atoms with Gasteiger partial charge in [-0.05, 0) is 62.6 Å². The molecule has 4 saturated heterocycles. The average molecular weight is 830 g/mol. The minimum Gasteiger partial charge on any atom is -0.461 e. The molecule has 0 unspecified atom stereocenters. The monoisotopic (exact) mass is 829 g/mol. The van der Waals surface area contributed by atoms with Crippen molar-refractivity contribution in [2.75, 3.05) is 59.6 Å². The first-order valence-electron chi connectivity index (χ1n) is 21.2. The molecule has 16 nitrogen and oxygen atoms in total. The van der Waals surface area contributed by atoms with Crippen molar-refractivity contribution in [3.8, 4) is 0 Å². The Bertz CT molecular complexity index is 1840. The number of morpholine rings is 1. The lowest BCUT2D eigenvalue weighted by molar-refractivity contribution is -0.158. The summed E-state index contributed by atoms with van der Waals surface area (Å²) in [7, 11) is 1.55. The minimum atomic E-state index is -1.44. The van der Waals surface area contributed by atoms with E-state index in [9.17, 15) is 33.6 Å². The van der Waals surface area contributed by atoms with E-state index in [4.69, 9.17) is 9.47 Å². The zero-order chi connectivity index (χ0) is 42.8. The zero-order valence-electron chi connectivity index (χ0n) is 34.9. The maximum atomic E-state index is 14.6. The number of benzene rings is 2. The Balaban J connectivity index is 1.28. The molecule has 0 spiro atoms. The lowest BCUT2D eigenvalue weighted by Gasteiger charge is -2.35. The van der Waals surface area contributed by atoms with E-state index < -0.39 is 84.3 Å². The number of fused-ring (bicyclic) bond motifs is 2. The first kappa shape index (κ1) is 44.2. The maximum absolute atomic E-state index is 14.6. The van der Waals surface area contributed by atoms with Crippen LogP contribution in [0.1, 0.15) is 57.1 Å². The van der Waals surface area contributed by atoms with Gasteiger partial charge in [-0.25, -0.2) is 4.79 Å². The number of hydrogen-bond acceptors (Lipinski definition) is 10. The summed E-state index contributed by atoms with van der Waals surface area (Å²) < 4.78 is 11.3. The van der Waals surface area contributed by atoms with E-state index in [1.807, 2.05) is 67.6 Å². The maximum Gasteiger partial charge on any atom is 0.328 e. The fourth-order valence-electron chi connectivity index (χ4n) is 8.64. The topological polar surface area (TPSA) is 187 Å². The molecule has 0 aliphatic carbocycles. The van der Waals surface area contributed by atoms with Crippen molar-refractivity contribution in [1.82, 2.24) is 35.6 Å². The number of ether oxygens (including phenoxy) is 2. The predicted octanol–water partition coefficient (Wildman–Crippen LogP) is 0.670. The summed E-state index contributed by atoms with van der Waals surface area (Å²) in [5, 5.41) is 8.44. The Morgan fingerprint density at radius 3 is 2.23 bits per heavy atom. The number of nitrogens with one attached hydrogen (secondary N) is 3. The zero-order valence-corrected chi connectivity index (χ0v) is 34.9. The first-order chi connectivity index (χ1) is 28.9. The number of amides is 6. The van der Waals surface area contributed by atoms with Crippen molar-refractivity contribution in [3.63, 3.8) is 0 Å². The number of cyclic esters (lactones) is 1. The SMILES string of the molecule is C[C@H]1C[C@H]2C(=O)OC[C@H](NC(=O)[C@H](Cc3ccccc3)NC(=O)Cc3ccccc3)C(=O)N3CCC[C@H]3C(=O)N(C)[C@@H](CCCN3CCOCC3)C(=O)N[C@@H](C)C(=O)N2C1. The largest absolute Gasteiger partial charge is 0.461 e. The quantitative estimate of drug-likeness (QED) is 0.272. The highest BCUT2D eigenvalue weighted by Gasteiger charge is 2.45. The lowest BCUT2D eigenvalue weighted by atomic mass is 10.0. The normalized spacial score (nSPS) is 26.5. The third-order valence-electron chi connectivity index (χ3n) is 11.9. The minimum absolute atomic E-state index is 0.0182. The molecule has 2 aromatic carbocycles. The number of rotatable bonds is 11. The Kier molecular flexibility index (Phi) is 15.3. The standard InChI is InChI=1S/C44H59N7O9/c1-29-24-37-44(58)60-28-34(47-39(53)33(25-31-12-6-4-7-13-31)46-38(52)26-32-14-8-5-9-15-32)42(56)50-19-11-17-36(50)43(57)48(3)35(16-10-18-49-20-22-59-23-21-49)40(54)45-30(2)41(55)51(37)27-29/h4-9,12-15,29-30,33-37H,10-11,16-28H2,1-3H3,(H,45,54)(H,46,52)(H,47,53)/t29-,30-,33-,34-,35-,36-,37-/m0/s1. The van der Waals surface area contributed by atoms with E-state index in [0.29, 0.717) is 51.9 Å². The molecule has 0 radical (unpaired) electrons. The number of hydrogen-bond donors (Lipinski definition) is 3. The Labute approximate surface area is 351 Å². The van der Waals surface area contributed by atoms with Crippen LogP contribution in [0.25, 0.3) is 0 Å². The summed E-state index contributed by atoms with van der Waals surface area (Å²) in [5.41, 5.74) is 1.52. The van der Waals surface area contributed by atoms with Gasteiger partial charge in [-0.1, -0.05) is 67.6 Å². The van der Waals surface area contributed by atoms with Crippen molar-refractivity contribution < 1.29 is 43.0 Å². The molecule has 6 rings (SSSR count). The summed E-state index contributed by atoms with van der Waals surface area (Å²) in [6.45, 7) is 6.79. The second-order valence-electron chi connectivity index (χ2n) is 16.5. The predicted molar refractivity (Wildman–Crippen MR) is 220 cm³/mol. The highest BCUT2D eigenvalue weighted by Crippen LogP contribution is 2.26. The van der Waals surface area contributed by atoms with Crippen LogP contribution in [0, 0.1) is 5.92 Å². The molecule has 4 fully saturated rings. The van der Waals surface area contributed by atoms with Gasteiger partial charge in [-0.2, -0.15) is 0 Å². The van der Waals surface area contributed by atoms with Gasteiger partial charge in [0.1, 0.15) is 42.9 Å². The summed E-state index contributed by atoms with van der Waals surface area (Å²) in [5.74, 6) is -3.97. The third kappa shape index (κ3) is 11.3. The summed E-state index contributed by atoms with van der Waals surface area (Å²) in [6, 6.07) is 11.8. The second-order valence-corrected chi connectivity index (χ2v) is 16.5. The first-order valence-corrected chi connectivity index (χ1v) is 21.2. The average Bonchev–Trinajstić information content (AvgIpc) is 3.90. The molecule has 3 N–H and O–H groups in total. The highest BCUT2D eigenvalue weighted by atomic mass is 16.5. The molecule has 4 aliphatic heterocycles. The van der Waals surface area contributed by atoms with E-state index in [-0.39, 0.29) is 31.8 Å². The number of nitrogens with zero attached hydrogens (tertiary/aromatic N) is 4. The smallest absolute Gasteiger partial charge is 0.328 e. The fourth-order valence-corrected chi connectivity index (χ4v) is 8.64. The Hall–Kier alpha value is -5.35. The Morgan fingerprint density at radius 1 is 0.850 bits per heavy atom. The second kappa shape index (κ2) is 20.8. The molecule has 4 aliphatic rings. The van der Waals surface area contributed by atoms with Crippen LogP contribution in [0.15, 0.2) is 60.7 Å². The summed E-state index contributed by atoms with van der Waals surface area (Å²) in [6.07, 6.45) is 2.12. The number of likely N-dealkylation sites (N-methyl/N-ethyl adjacent to an activating group) is 1. The van der Waals surface area contributed by atoms with E-state index in [1.54, 1.807) is 14.0 Å². The van der Waals surface area contributed by atoms with E-state index in [0.717, 1.165) is 24.2 Å². The van der Waals surface area contributed by atoms with Gasteiger partial charge >= 0.3 is 5.97 Å². The summed E-state index contributed by atoms with van der Waals surface area (Å²) in [4.78, 5) is 105. The van der Waals surface area contributed by atoms with Gasteiger partial charge in [0.15, 0.2) is 0 Å². The van der Waals surface area contributed by atoms with E-state index >= 15 is 0 Å². The molecule has 0 saturated carbocycles.